The number of rotatable bonds is 3. The lowest BCUT2D eigenvalue weighted by Crippen LogP contribution is -2.50. The van der Waals surface area contributed by atoms with Crippen LogP contribution in [0.4, 0.5) is 0 Å². The summed E-state index contributed by atoms with van der Waals surface area (Å²) in [7, 11) is 1.74. The van der Waals surface area contributed by atoms with Gasteiger partial charge in [0.1, 0.15) is 12.2 Å². The van der Waals surface area contributed by atoms with Crippen molar-refractivity contribution >= 4 is 18.5 Å². The molecule has 0 N–H and O–H groups in total. The zero-order chi connectivity index (χ0) is 16.2. The minimum Gasteiger partial charge on any atom is -0.342 e. The minimum atomic E-state index is -0.241. The van der Waals surface area contributed by atoms with Crippen LogP contribution in [0, 0.1) is 5.41 Å². The number of carbonyl (C=O) groups is 2. The van der Waals surface area contributed by atoms with Crippen LogP contribution >= 0.6 is 0 Å². The largest absolute Gasteiger partial charge is 0.342 e. The van der Waals surface area contributed by atoms with Gasteiger partial charge in [-0.1, -0.05) is 26.8 Å². The van der Waals surface area contributed by atoms with E-state index in [0.29, 0.717) is 13.1 Å². The number of amides is 2. The van der Waals surface area contributed by atoms with Crippen molar-refractivity contribution in [2.45, 2.75) is 27.7 Å². The van der Waals surface area contributed by atoms with Crippen LogP contribution in [0.2, 0.25) is 0 Å². The number of carbonyl (C=O) groups excluding carboxylic acids is 2. The van der Waals surface area contributed by atoms with Gasteiger partial charge >= 0.3 is 0 Å². The van der Waals surface area contributed by atoms with E-state index in [4.69, 9.17) is 0 Å². The highest BCUT2D eigenvalue weighted by Crippen LogP contribution is 2.27. The van der Waals surface area contributed by atoms with Crippen molar-refractivity contribution in [2.24, 2.45) is 10.4 Å². The lowest BCUT2D eigenvalue weighted by molar-refractivity contribution is -0.142. The van der Waals surface area contributed by atoms with Gasteiger partial charge in [0.15, 0.2) is 0 Å². The maximum absolute atomic E-state index is 12.5. The van der Waals surface area contributed by atoms with Crippen molar-refractivity contribution in [1.82, 2.24) is 9.80 Å². The quantitative estimate of drug-likeness (QED) is 0.453. The molecular formula is C16H25N3O2. The Morgan fingerprint density at radius 1 is 1.33 bits per heavy atom. The Morgan fingerprint density at radius 2 is 1.95 bits per heavy atom. The Labute approximate surface area is 127 Å². The second-order valence-electron chi connectivity index (χ2n) is 6.22. The summed E-state index contributed by atoms with van der Waals surface area (Å²) in [6.07, 6.45) is 3.73. The summed E-state index contributed by atoms with van der Waals surface area (Å²) in [5.41, 5.74) is 1.22. The Kier molecular flexibility index (Phi) is 5.47. The molecule has 0 saturated carbocycles. The van der Waals surface area contributed by atoms with Crippen LogP contribution in [-0.4, -0.2) is 55.0 Å². The summed E-state index contributed by atoms with van der Waals surface area (Å²) < 4.78 is 0. The molecule has 5 nitrogen and oxygen atoms in total. The van der Waals surface area contributed by atoms with Gasteiger partial charge in [0.05, 0.1) is 0 Å². The Balaban J connectivity index is 2.97. The minimum absolute atomic E-state index is 0.0555. The average Bonchev–Trinajstić information content (AvgIpc) is 2.41. The van der Waals surface area contributed by atoms with Gasteiger partial charge in [-0.05, 0) is 30.7 Å². The third-order valence-corrected chi connectivity index (χ3v) is 3.60. The predicted molar refractivity (Wildman–Crippen MR) is 85.1 cm³/mol. The molecule has 21 heavy (non-hydrogen) atoms. The number of likely N-dealkylation sites (N-methyl/N-ethyl adjacent to an activating group) is 1. The number of nitrogens with zero attached hydrogens (tertiary/aromatic N) is 3. The molecule has 0 aromatic heterocycles. The molecule has 0 spiro atoms. The normalized spacial score (nSPS) is 18.0. The second-order valence-corrected chi connectivity index (χ2v) is 6.22. The number of allylic oxidation sites excluding steroid dienone is 3. The molecule has 1 heterocycles. The van der Waals surface area contributed by atoms with Crippen LogP contribution in [0.25, 0.3) is 0 Å². The lowest BCUT2D eigenvalue weighted by Gasteiger charge is -2.32. The summed E-state index contributed by atoms with van der Waals surface area (Å²) in [5.74, 6) is -0.296. The number of hydrogen-bond donors (Lipinski definition) is 0. The summed E-state index contributed by atoms with van der Waals surface area (Å²) in [6, 6.07) is 0. The molecule has 1 saturated heterocycles. The van der Waals surface area contributed by atoms with Gasteiger partial charge in [0.25, 0.3) is 5.91 Å². The fourth-order valence-electron chi connectivity index (χ4n) is 2.15. The third-order valence-electron chi connectivity index (χ3n) is 3.60. The first-order chi connectivity index (χ1) is 9.70. The maximum atomic E-state index is 12.5. The summed E-state index contributed by atoms with van der Waals surface area (Å²) >= 11 is 0. The van der Waals surface area contributed by atoms with Crippen LogP contribution in [0.1, 0.15) is 27.7 Å². The molecule has 116 valence electrons. The van der Waals surface area contributed by atoms with E-state index in [9.17, 15) is 9.59 Å². The van der Waals surface area contributed by atoms with Crippen molar-refractivity contribution in [2.75, 3.05) is 26.7 Å². The first-order valence-corrected chi connectivity index (χ1v) is 7.09. The lowest BCUT2D eigenvalue weighted by atomic mass is 9.85. The van der Waals surface area contributed by atoms with Gasteiger partial charge in [-0.25, -0.2) is 0 Å². The first-order valence-electron chi connectivity index (χ1n) is 7.09. The molecule has 0 radical (unpaired) electrons. The fraction of sp³-hybridized carbons (Fsp3) is 0.562. The summed E-state index contributed by atoms with van der Waals surface area (Å²) in [6.45, 7) is 12.8. The van der Waals surface area contributed by atoms with Crippen molar-refractivity contribution in [3.05, 3.63) is 23.4 Å². The topological polar surface area (TPSA) is 53.0 Å². The van der Waals surface area contributed by atoms with E-state index >= 15 is 0 Å². The standard InChI is InChI=1S/C16H25N3O2/c1-7-12(16(2,3)4)10-13(17-5)15(21)19-9-8-18(6)14(20)11-19/h7,10H,5,8-9,11H2,1-4,6H3/b12-7+,13-10-. The molecule has 0 atom stereocenters. The van der Waals surface area contributed by atoms with Crippen molar-refractivity contribution in [3.8, 4) is 0 Å². The molecule has 0 bridgehead atoms. The Bertz CT molecular complexity index is 498. The Morgan fingerprint density at radius 3 is 2.38 bits per heavy atom. The molecule has 5 heteroatoms. The summed E-state index contributed by atoms with van der Waals surface area (Å²) in [4.78, 5) is 31.2. The van der Waals surface area contributed by atoms with E-state index in [2.05, 4.69) is 32.5 Å². The van der Waals surface area contributed by atoms with E-state index in [1.54, 1.807) is 18.0 Å². The molecule has 1 aliphatic rings. The van der Waals surface area contributed by atoms with Crippen LogP contribution in [0.3, 0.4) is 0 Å². The van der Waals surface area contributed by atoms with Gasteiger partial charge < -0.3 is 9.80 Å². The van der Waals surface area contributed by atoms with Crippen molar-refractivity contribution in [1.29, 1.82) is 0 Å². The number of piperazine rings is 1. The van der Waals surface area contributed by atoms with E-state index < -0.39 is 0 Å². The molecule has 0 aromatic rings. The van der Waals surface area contributed by atoms with Gasteiger partial charge in [-0.15, -0.1) is 0 Å². The third kappa shape index (κ3) is 4.28. The highest BCUT2D eigenvalue weighted by molar-refractivity contribution is 5.97. The van der Waals surface area contributed by atoms with Crippen LogP contribution in [0.15, 0.2) is 28.4 Å². The first kappa shape index (κ1) is 17.1. The molecule has 1 rings (SSSR count). The highest BCUT2D eigenvalue weighted by atomic mass is 16.2. The molecule has 0 unspecified atom stereocenters. The van der Waals surface area contributed by atoms with E-state index in [0.717, 1.165) is 5.57 Å². The van der Waals surface area contributed by atoms with Crippen molar-refractivity contribution < 1.29 is 9.59 Å². The summed E-state index contributed by atoms with van der Waals surface area (Å²) in [5, 5.41) is 0. The van der Waals surface area contributed by atoms with Gasteiger partial charge in [-0.3, -0.25) is 14.6 Å². The van der Waals surface area contributed by atoms with E-state index in [-0.39, 0.29) is 29.5 Å². The fourth-order valence-corrected chi connectivity index (χ4v) is 2.15. The van der Waals surface area contributed by atoms with Crippen LogP contribution in [0.5, 0.6) is 0 Å². The smallest absolute Gasteiger partial charge is 0.272 e. The molecule has 0 aliphatic carbocycles. The predicted octanol–water partition coefficient (Wildman–Crippen LogP) is 1.86. The zero-order valence-electron chi connectivity index (χ0n) is 13.6. The molecule has 1 fully saturated rings. The van der Waals surface area contributed by atoms with Crippen molar-refractivity contribution in [3.63, 3.8) is 0 Å². The molecule has 1 aliphatic heterocycles. The van der Waals surface area contributed by atoms with E-state index in [1.807, 2.05) is 13.0 Å². The van der Waals surface area contributed by atoms with Gasteiger partial charge in [0, 0.05) is 20.1 Å². The zero-order valence-corrected chi connectivity index (χ0v) is 13.6. The SMILES string of the molecule is C=N/C(=C\C(=C/C)C(C)(C)C)C(=O)N1CCN(C)C(=O)C1. The average molecular weight is 291 g/mol. The monoisotopic (exact) mass is 291 g/mol. The van der Waals surface area contributed by atoms with Crippen LogP contribution < -0.4 is 0 Å². The molecular weight excluding hydrogens is 266 g/mol. The van der Waals surface area contributed by atoms with Crippen LogP contribution in [-0.2, 0) is 9.59 Å². The molecule has 0 aromatic carbocycles. The molecule has 2 amide bonds. The van der Waals surface area contributed by atoms with Gasteiger partial charge in [0.2, 0.25) is 5.91 Å². The number of aliphatic imine (C=N–C) groups is 1. The Hall–Kier alpha value is -1.91. The highest BCUT2D eigenvalue weighted by Gasteiger charge is 2.27. The van der Waals surface area contributed by atoms with E-state index in [1.165, 1.54) is 4.90 Å². The number of hydrogen-bond acceptors (Lipinski definition) is 3. The van der Waals surface area contributed by atoms with Gasteiger partial charge in [-0.2, -0.15) is 0 Å². The second kappa shape index (κ2) is 6.70. The maximum Gasteiger partial charge on any atom is 0.272 e.